The molecule has 3 aromatic rings. The van der Waals surface area contributed by atoms with Crippen LogP contribution >= 0.6 is 0 Å². The molecule has 0 spiro atoms. The molecule has 0 unspecified atom stereocenters. The first-order valence-corrected chi connectivity index (χ1v) is 15.7. The van der Waals surface area contributed by atoms with Crippen molar-refractivity contribution in [2.75, 3.05) is 10.8 Å². The normalized spacial score (nSPS) is 14.5. The molecule has 1 aliphatic rings. The van der Waals surface area contributed by atoms with E-state index in [4.69, 9.17) is 0 Å². The largest absolute Gasteiger partial charge is 0.352 e. The molecule has 0 aromatic heterocycles. The zero-order valence-corrected chi connectivity index (χ0v) is 25.5. The third-order valence-corrected chi connectivity index (χ3v) is 9.47. The summed E-state index contributed by atoms with van der Waals surface area (Å²) < 4.78 is 29.2. The first kappa shape index (κ1) is 30.3. The second-order valence-corrected chi connectivity index (χ2v) is 13.2. The molecule has 1 saturated carbocycles. The number of hydrogen-bond donors (Lipinski definition) is 1. The lowest BCUT2D eigenvalue weighted by Crippen LogP contribution is -2.52. The Kier molecular flexibility index (Phi) is 9.53. The quantitative estimate of drug-likeness (QED) is 0.341. The molecule has 0 aliphatic heterocycles. The summed E-state index contributed by atoms with van der Waals surface area (Å²) in [6, 6.07) is 19.2. The van der Waals surface area contributed by atoms with Crippen LogP contribution in [0.4, 0.5) is 5.69 Å². The molecule has 41 heavy (non-hydrogen) atoms. The maximum absolute atomic E-state index is 14.1. The van der Waals surface area contributed by atoms with Crippen LogP contribution in [-0.4, -0.2) is 43.8 Å². The molecule has 0 radical (unpaired) electrons. The molecular formula is C33H41N3O4S. The van der Waals surface area contributed by atoms with Crippen molar-refractivity contribution in [2.45, 2.75) is 83.8 Å². The Hall–Kier alpha value is -3.65. The van der Waals surface area contributed by atoms with Gasteiger partial charge in [0.05, 0.1) is 10.6 Å². The van der Waals surface area contributed by atoms with Crippen molar-refractivity contribution >= 4 is 27.5 Å². The van der Waals surface area contributed by atoms with E-state index in [0.29, 0.717) is 5.69 Å². The zero-order chi connectivity index (χ0) is 29.7. The number of benzene rings is 3. The first-order valence-electron chi connectivity index (χ1n) is 14.3. The van der Waals surface area contributed by atoms with Crippen LogP contribution in [0.5, 0.6) is 0 Å². The van der Waals surface area contributed by atoms with Crippen LogP contribution in [-0.2, 0) is 26.2 Å². The van der Waals surface area contributed by atoms with Crippen LogP contribution in [0.25, 0.3) is 0 Å². The fourth-order valence-electron chi connectivity index (χ4n) is 5.44. The van der Waals surface area contributed by atoms with E-state index in [1.165, 1.54) is 9.21 Å². The predicted octanol–water partition coefficient (Wildman–Crippen LogP) is 5.59. The van der Waals surface area contributed by atoms with Crippen molar-refractivity contribution in [1.82, 2.24) is 10.2 Å². The number of hydrogen-bond acceptors (Lipinski definition) is 4. The van der Waals surface area contributed by atoms with Gasteiger partial charge in [-0.3, -0.25) is 13.9 Å². The van der Waals surface area contributed by atoms with Gasteiger partial charge >= 0.3 is 0 Å². The number of nitrogens with zero attached hydrogens (tertiary/aromatic N) is 2. The summed E-state index contributed by atoms with van der Waals surface area (Å²) in [4.78, 5) is 29.1. The van der Waals surface area contributed by atoms with Crippen molar-refractivity contribution in [2.24, 2.45) is 0 Å². The number of nitrogens with one attached hydrogen (secondary N) is 1. The number of amides is 2. The molecule has 0 saturated heterocycles. The maximum atomic E-state index is 14.1. The molecule has 8 heteroatoms. The number of sulfonamides is 1. The molecule has 0 bridgehead atoms. The van der Waals surface area contributed by atoms with Gasteiger partial charge in [0, 0.05) is 12.6 Å². The Bertz CT molecular complexity index is 1470. The number of carbonyl (C=O) groups is 2. The predicted molar refractivity (Wildman–Crippen MR) is 163 cm³/mol. The molecule has 2 amide bonds. The Morgan fingerprint density at radius 1 is 0.854 bits per heavy atom. The third-order valence-electron chi connectivity index (χ3n) is 7.69. The fourth-order valence-corrected chi connectivity index (χ4v) is 6.84. The average molecular weight is 576 g/mol. The smallest absolute Gasteiger partial charge is 0.264 e. The van der Waals surface area contributed by atoms with E-state index in [1.807, 2.05) is 58.0 Å². The highest BCUT2D eigenvalue weighted by Crippen LogP contribution is 2.27. The minimum Gasteiger partial charge on any atom is -0.352 e. The van der Waals surface area contributed by atoms with Crippen LogP contribution < -0.4 is 9.62 Å². The summed E-state index contributed by atoms with van der Waals surface area (Å²) in [5.74, 6) is -0.673. The molecule has 1 aliphatic carbocycles. The summed E-state index contributed by atoms with van der Waals surface area (Å²) in [5.41, 5.74) is 5.03. The van der Waals surface area contributed by atoms with Crippen molar-refractivity contribution in [1.29, 1.82) is 0 Å². The molecule has 1 N–H and O–H groups in total. The molecule has 218 valence electrons. The number of aryl methyl sites for hydroxylation is 4. The minimum absolute atomic E-state index is 0.104. The second-order valence-electron chi connectivity index (χ2n) is 11.3. The topological polar surface area (TPSA) is 86.8 Å². The third kappa shape index (κ3) is 7.55. The Morgan fingerprint density at radius 3 is 2.10 bits per heavy atom. The van der Waals surface area contributed by atoms with E-state index in [9.17, 15) is 18.0 Å². The molecule has 3 aromatic carbocycles. The number of anilines is 1. The molecule has 7 nitrogen and oxygen atoms in total. The first-order chi connectivity index (χ1) is 19.4. The van der Waals surface area contributed by atoms with E-state index < -0.39 is 28.5 Å². The van der Waals surface area contributed by atoms with Gasteiger partial charge in [0.15, 0.2) is 0 Å². The van der Waals surface area contributed by atoms with Gasteiger partial charge in [-0.15, -0.1) is 0 Å². The summed E-state index contributed by atoms with van der Waals surface area (Å²) in [6.07, 6.45) is 4.01. The monoisotopic (exact) mass is 575 g/mol. The van der Waals surface area contributed by atoms with Gasteiger partial charge < -0.3 is 10.2 Å². The van der Waals surface area contributed by atoms with Crippen molar-refractivity contribution in [3.05, 3.63) is 94.5 Å². The highest BCUT2D eigenvalue weighted by atomic mass is 32.2. The zero-order valence-electron chi connectivity index (χ0n) is 24.7. The van der Waals surface area contributed by atoms with Crippen LogP contribution in [0.2, 0.25) is 0 Å². The van der Waals surface area contributed by atoms with Crippen molar-refractivity contribution < 1.29 is 18.0 Å². The summed E-state index contributed by atoms with van der Waals surface area (Å²) >= 11 is 0. The highest BCUT2D eigenvalue weighted by Gasteiger charge is 2.33. The lowest BCUT2D eigenvalue weighted by molar-refractivity contribution is -0.139. The van der Waals surface area contributed by atoms with E-state index >= 15 is 0 Å². The van der Waals surface area contributed by atoms with E-state index in [1.54, 1.807) is 43.3 Å². The van der Waals surface area contributed by atoms with Gasteiger partial charge in [-0.2, -0.15) is 0 Å². The molecule has 1 fully saturated rings. The second kappa shape index (κ2) is 12.9. The van der Waals surface area contributed by atoms with Crippen molar-refractivity contribution in [3.8, 4) is 0 Å². The lowest BCUT2D eigenvalue weighted by atomic mass is 10.1. The van der Waals surface area contributed by atoms with Crippen LogP contribution in [0, 0.1) is 27.7 Å². The van der Waals surface area contributed by atoms with Crippen molar-refractivity contribution in [3.63, 3.8) is 0 Å². The Morgan fingerprint density at radius 2 is 1.49 bits per heavy atom. The van der Waals surface area contributed by atoms with E-state index in [0.717, 1.165) is 53.5 Å². The summed E-state index contributed by atoms with van der Waals surface area (Å²) in [7, 11) is -4.09. The van der Waals surface area contributed by atoms with Gasteiger partial charge in [0.1, 0.15) is 12.6 Å². The lowest BCUT2D eigenvalue weighted by Gasteiger charge is -2.32. The molecule has 1 atom stereocenters. The average Bonchev–Trinajstić information content (AvgIpc) is 3.42. The van der Waals surface area contributed by atoms with E-state index in [2.05, 4.69) is 5.32 Å². The van der Waals surface area contributed by atoms with Gasteiger partial charge in [0.2, 0.25) is 11.8 Å². The van der Waals surface area contributed by atoms with Gasteiger partial charge in [0.25, 0.3) is 10.0 Å². The minimum atomic E-state index is -4.09. The maximum Gasteiger partial charge on any atom is 0.264 e. The number of rotatable bonds is 10. The summed E-state index contributed by atoms with van der Waals surface area (Å²) in [5, 5.41) is 3.11. The highest BCUT2D eigenvalue weighted by molar-refractivity contribution is 7.92. The SMILES string of the molecule is Cc1ccc(S(=O)(=O)N(CC(=O)N(Cc2cccc(C)c2)[C@H](C)C(=O)NC2CCCC2)c2cc(C)cc(C)c2)cc1. The standard InChI is InChI=1S/C33H41N3O4S/c1-23-13-15-31(16-14-23)41(39,40)36(30-19-25(3)17-26(4)20-30)22-32(37)35(21-28-10-8-9-24(2)18-28)27(5)33(38)34-29-11-6-7-12-29/h8-10,13-20,27,29H,6-7,11-12,21-22H2,1-5H3,(H,34,38)/t27-/m1/s1. The molecule has 0 heterocycles. The van der Waals surface area contributed by atoms with Crippen LogP contribution in [0.15, 0.2) is 71.6 Å². The molecule has 4 rings (SSSR count). The van der Waals surface area contributed by atoms with Gasteiger partial charge in [-0.25, -0.2) is 8.42 Å². The van der Waals surface area contributed by atoms with Gasteiger partial charge in [-0.1, -0.05) is 66.4 Å². The summed E-state index contributed by atoms with van der Waals surface area (Å²) in [6.45, 7) is 9.12. The Balaban J connectivity index is 1.71. The number of carbonyl (C=O) groups excluding carboxylic acids is 2. The van der Waals surface area contributed by atoms with Crippen LogP contribution in [0.3, 0.4) is 0 Å². The van der Waals surface area contributed by atoms with E-state index in [-0.39, 0.29) is 23.4 Å². The van der Waals surface area contributed by atoms with Crippen LogP contribution in [0.1, 0.15) is 60.4 Å². The fraction of sp³-hybridized carbons (Fsp3) is 0.394. The van der Waals surface area contributed by atoms with Gasteiger partial charge in [-0.05, 0) is 88.4 Å². The molecular weight excluding hydrogens is 534 g/mol. The Labute approximate surface area is 244 Å².